The van der Waals surface area contributed by atoms with E-state index in [2.05, 4.69) is 31.6 Å². The van der Waals surface area contributed by atoms with Gasteiger partial charge in [0.15, 0.2) is 5.96 Å². The van der Waals surface area contributed by atoms with E-state index in [0.717, 1.165) is 15.9 Å². The molecular formula is C19H24BrIN4O2. The SMILES string of the molecule is CC(C)Oc1ccc(NC(N)=NCCNC(=O)c2ccc(Br)cc2)cc1.I. The monoisotopic (exact) mass is 546 g/mol. The number of anilines is 1. The van der Waals surface area contributed by atoms with E-state index in [0.29, 0.717) is 24.6 Å². The summed E-state index contributed by atoms with van der Waals surface area (Å²) in [6.45, 7) is 4.74. The van der Waals surface area contributed by atoms with E-state index in [4.69, 9.17) is 10.5 Å². The molecule has 0 saturated heterocycles. The Hall–Kier alpha value is -1.81. The molecule has 0 aliphatic carbocycles. The second-order valence-corrected chi connectivity index (χ2v) is 6.76. The Morgan fingerprint density at radius 2 is 1.78 bits per heavy atom. The molecule has 0 aliphatic heterocycles. The highest BCUT2D eigenvalue weighted by molar-refractivity contribution is 14.0. The van der Waals surface area contributed by atoms with Crippen LogP contribution in [0.2, 0.25) is 0 Å². The van der Waals surface area contributed by atoms with Crippen LogP contribution in [0.15, 0.2) is 58.0 Å². The van der Waals surface area contributed by atoms with Gasteiger partial charge in [-0.2, -0.15) is 0 Å². The lowest BCUT2D eigenvalue weighted by Crippen LogP contribution is -2.28. The fraction of sp³-hybridized carbons (Fsp3) is 0.263. The Kier molecular flexibility index (Phi) is 10.2. The number of ether oxygens (including phenoxy) is 1. The number of aliphatic imine (C=N–C) groups is 1. The average molecular weight is 547 g/mol. The summed E-state index contributed by atoms with van der Waals surface area (Å²) in [6, 6.07) is 14.6. The van der Waals surface area contributed by atoms with Gasteiger partial charge in [-0.15, -0.1) is 24.0 Å². The van der Waals surface area contributed by atoms with Crippen molar-refractivity contribution in [1.82, 2.24) is 5.32 Å². The quantitative estimate of drug-likeness (QED) is 0.212. The van der Waals surface area contributed by atoms with Gasteiger partial charge in [-0.1, -0.05) is 15.9 Å². The summed E-state index contributed by atoms with van der Waals surface area (Å²) >= 11 is 3.34. The van der Waals surface area contributed by atoms with E-state index >= 15 is 0 Å². The fourth-order valence-electron chi connectivity index (χ4n) is 2.13. The van der Waals surface area contributed by atoms with E-state index < -0.39 is 0 Å². The van der Waals surface area contributed by atoms with E-state index in [1.54, 1.807) is 12.1 Å². The summed E-state index contributed by atoms with van der Waals surface area (Å²) in [6.07, 6.45) is 0.132. The molecule has 0 saturated carbocycles. The Balaban J connectivity index is 0.00000364. The van der Waals surface area contributed by atoms with E-state index in [1.807, 2.05) is 50.2 Å². The summed E-state index contributed by atoms with van der Waals surface area (Å²) in [7, 11) is 0. The fourth-order valence-corrected chi connectivity index (χ4v) is 2.39. The number of amides is 1. The number of hydrogen-bond acceptors (Lipinski definition) is 3. The summed E-state index contributed by atoms with van der Waals surface area (Å²) in [5, 5.41) is 5.80. The minimum atomic E-state index is -0.139. The summed E-state index contributed by atoms with van der Waals surface area (Å²) in [4.78, 5) is 16.2. The van der Waals surface area contributed by atoms with Crippen molar-refractivity contribution in [2.75, 3.05) is 18.4 Å². The van der Waals surface area contributed by atoms with Gasteiger partial charge < -0.3 is 21.1 Å². The minimum Gasteiger partial charge on any atom is -0.491 e. The standard InChI is InChI=1S/C19H23BrN4O2.HI/c1-13(2)26-17-9-7-16(8-10-17)24-19(21)23-12-11-22-18(25)14-3-5-15(20)6-4-14;/h3-10,13H,11-12H2,1-2H3,(H,22,25)(H3,21,23,24);1H. The lowest BCUT2D eigenvalue weighted by molar-refractivity contribution is 0.0955. The molecule has 146 valence electrons. The maximum absolute atomic E-state index is 12.0. The summed E-state index contributed by atoms with van der Waals surface area (Å²) in [5.74, 6) is 0.956. The van der Waals surface area contributed by atoms with Gasteiger partial charge in [-0.05, 0) is 62.4 Å². The maximum Gasteiger partial charge on any atom is 0.251 e. The number of halogens is 2. The van der Waals surface area contributed by atoms with Crippen LogP contribution in [-0.4, -0.2) is 31.1 Å². The number of benzene rings is 2. The van der Waals surface area contributed by atoms with Gasteiger partial charge in [0.25, 0.3) is 5.91 Å². The number of nitrogens with one attached hydrogen (secondary N) is 2. The first-order valence-corrected chi connectivity index (χ1v) is 9.11. The normalized spacial score (nSPS) is 10.9. The largest absolute Gasteiger partial charge is 0.491 e. The van der Waals surface area contributed by atoms with Gasteiger partial charge in [0.2, 0.25) is 0 Å². The smallest absolute Gasteiger partial charge is 0.251 e. The Labute approximate surface area is 185 Å². The molecule has 6 nitrogen and oxygen atoms in total. The van der Waals surface area contributed by atoms with Crippen LogP contribution in [0.5, 0.6) is 5.75 Å². The molecule has 2 rings (SSSR count). The van der Waals surface area contributed by atoms with Crippen LogP contribution < -0.4 is 21.1 Å². The zero-order valence-electron chi connectivity index (χ0n) is 15.2. The van der Waals surface area contributed by atoms with Crippen molar-refractivity contribution < 1.29 is 9.53 Å². The maximum atomic E-state index is 12.0. The topological polar surface area (TPSA) is 88.7 Å². The molecule has 8 heteroatoms. The molecule has 0 radical (unpaired) electrons. The van der Waals surface area contributed by atoms with Gasteiger partial charge in [0.05, 0.1) is 12.6 Å². The van der Waals surface area contributed by atoms with Gasteiger partial charge >= 0.3 is 0 Å². The Morgan fingerprint density at radius 1 is 1.15 bits per heavy atom. The van der Waals surface area contributed by atoms with Crippen molar-refractivity contribution in [3.8, 4) is 5.75 Å². The third kappa shape index (κ3) is 8.61. The highest BCUT2D eigenvalue weighted by Gasteiger charge is 2.04. The molecule has 0 bridgehead atoms. The lowest BCUT2D eigenvalue weighted by atomic mass is 10.2. The van der Waals surface area contributed by atoms with Crippen molar-refractivity contribution in [1.29, 1.82) is 0 Å². The number of nitrogens with zero attached hydrogens (tertiary/aromatic N) is 1. The van der Waals surface area contributed by atoms with Crippen molar-refractivity contribution in [2.45, 2.75) is 20.0 Å². The molecule has 0 aliphatic rings. The zero-order chi connectivity index (χ0) is 18.9. The first-order chi connectivity index (χ1) is 12.4. The molecular weight excluding hydrogens is 523 g/mol. The van der Waals surface area contributed by atoms with Crippen LogP contribution >= 0.6 is 39.9 Å². The lowest BCUT2D eigenvalue weighted by Gasteiger charge is -2.11. The van der Waals surface area contributed by atoms with Gasteiger partial charge in [0, 0.05) is 22.3 Å². The average Bonchev–Trinajstić information content (AvgIpc) is 2.60. The van der Waals surface area contributed by atoms with Crippen LogP contribution in [0.3, 0.4) is 0 Å². The number of nitrogens with two attached hydrogens (primary N) is 1. The van der Waals surface area contributed by atoms with Crippen LogP contribution in [-0.2, 0) is 0 Å². The van der Waals surface area contributed by atoms with Crippen LogP contribution in [0.4, 0.5) is 5.69 Å². The highest BCUT2D eigenvalue weighted by Crippen LogP contribution is 2.16. The first kappa shape index (κ1) is 23.2. The van der Waals surface area contributed by atoms with Crippen molar-refractivity contribution in [2.24, 2.45) is 10.7 Å². The Morgan fingerprint density at radius 3 is 2.37 bits per heavy atom. The molecule has 0 unspecified atom stereocenters. The zero-order valence-corrected chi connectivity index (χ0v) is 19.2. The molecule has 0 aromatic heterocycles. The number of carbonyl (C=O) groups is 1. The second kappa shape index (κ2) is 11.8. The van der Waals surface area contributed by atoms with Crippen LogP contribution in [0.1, 0.15) is 24.2 Å². The Bertz CT molecular complexity index is 749. The van der Waals surface area contributed by atoms with Crippen molar-refractivity contribution in [3.05, 3.63) is 58.6 Å². The molecule has 4 N–H and O–H groups in total. The number of carbonyl (C=O) groups excluding carboxylic acids is 1. The summed E-state index contributed by atoms with van der Waals surface area (Å²) in [5.41, 5.74) is 7.28. The molecule has 2 aromatic carbocycles. The molecule has 0 heterocycles. The second-order valence-electron chi connectivity index (χ2n) is 5.85. The number of guanidine groups is 1. The third-order valence-corrected chi connectivity index (χ3v) is 3.81. The molecule has 27 heavy (non-hydrogen) atoms. The number of hydrogen-bond donors (Lipinski definition) is 3. The van der Waals surface area contributed by atoms with Gasteiger partial charge in [0.1, 0.15) is 5.75 Å². The molecule has 0 spiro atoms. The van der Waals surface area contributed by atoms with Crippen molar-refractivity contribution >= 4 is 57.5 Å². The highest BCUT2D eigenvalue weighted by atomic mass is 127. The molecule has 1 amide bonds. The number of rotatable bonds is 7. The minimum absolute atomic E-state index is 0. The van der Waals surface area contributed by atoms with E-state index in [9.17, 15) is 4.79 Å². The predicted molar refractivity (Wildman–Crippen MR) is 124 cm³/mol. The van der Waals surface area contributed by atoms with Crippen molar-refractivity contribution in [3.63, 3.8) is 0 Å². The van der Waals surface area contributed by atoms with E-state index in [-0.39, 0.29) is 36.0 Å². The van der Waals surface area contributed by atoms with Gasteiger partial charge in [-0.25, -0.2) is 0 Å². The third-order valence-electron chi connectivity index (χ3n) is 3.28. The first-order valence-electron chi connectivity index (χ1n) is 8.31. The molecule has 0 atom stereocenters. The predicted octanol–water partition coefficient (Wildman–Crippen LogP) is 4.01. The van der Waals surface area contributed by atoms with Gasteiger partial charge in [-0.3, -0.25) is 9.79 Å². The van der Waals surface area contributed by atoms with Crippen LogP contribution in [0, 0.1) is 0 Å². The van der Waals surface area contributed by atoms with E-state index in [1.165, 1.54) is 0 Å². The molecule has 0 fully saturated rings. The van der Waals surface area contributed by atoms with Crippen LogP contribution in [0.25, 0.3) is 0 Å². The molecule has 2 aromatic rings. The summed E-state index contributed by atoms with van der Waals surface area (Å²) < 4.78 is 6.52.